The molecule has 5 nitrogen and oxygen atoms in total. The van der Waals surface area contributed by atoms with Gasteiger partial charge in [0.15, 0.2) is 16.0 Å². The SMILES string of the molecule is CCCSc1nc2sc3c(c2c2nnc(SCc4ccccc4F)n12)CC(C)(C)OC3. The van der Waals surface area contributed by atoms with E-state index in [0.29, 0.717) is 17.9 Å². The first kappa shape index (κ1) is 21.2. The van der Waals surface area contributed by atoms with Crippen LogP contribution in [0.3, 0.4) is 0 Å². The molecule has 0 saturated heterocycles. The highest BCUT2D eigenvalue weighted by atomic mass is 32.2. The first-order chi connectivity index (χ1) is 15.0. The Balaban J connectivity index is 1.63. The Bertz CT molecular complexity index is 1270. The average Bonchev–Trinajstić information content (AvgIpc) is 3.31. The Morgan fingerprint density at radius 3 is 2.84 bits per heavy atom. The minimum absolute atomic E-state index is 0.195. The Morgan fingerprint density at radius 1 is 1.19 bits per heavy atom. The second-order valence-corrected chi connectivity index (χ2v) is 11.3. The zero-order valence-electron chi connectivity index (χ0n) is 17.6. The highest BCUT2D eigenvalue weighted by Gasteiger charge is 2.31. The number of hydrogen-bond donors (Lipinski definition) is 0. The molecule has 0 atom stereocenters. The van der Waals surface area contributed by atoms with Gasteiger partial charge < -0.3 is 4.74 Å². The Kier molecular flexibility index (Phi) is 5.70. The Hall–Kier alpha value is -1.68. The first-order valence-corrected chi connectivity index (χ1v) is 13.1. The third-order valence-electron chi connectivity index (χ3n) is 5.26. The third-order valence-corrected chi connectivity index (χ3v) is 8.49. The van der Waals surface area contributed by atoms with Crippen molar-refractivity contribution >= 4 is 50.7 Å². The minimum Gasteiger partial charge on any atom is -0.370 e. The predicted octanol–water partition coefficient (Wildman–Crippen LogP) is 6.12. The molecule has 31 heavy (non-hydrogen) atoms. The van der Waals surface area contributed by atoms with Crippen molar-refractivity contribution in [3.63, 3.8) is 0 Å². The number of halogens is 1. The second kappa shape index (κ2) is 8.35. The summed E-state index contributed by atoms with van der Waals surface area (Å²) in [7, 11) is 0. The van der Waals surface area contributed by atoms with Gasteiger partial charge in [-0.15, -0.1) is 21.5 Å². The van der Waals surface area contributed by atoms with Crippen molar-refractivity contribution in [3.8, 4) is 0 Å². The number of thiophene rings is 1. The molecule has 0 unspecified atom stereocenters. The van der Waals surface area contributed by atoms with E-state index >= 15 is 0 Å². The van der Waals surface area contributed by atoms with Crippen molar-refractivity contribution < 1.29 is 9.13 Å². The van der Waals surface area contributed by atoms with E-state index in [-0.39, 0.29) is 11.4 Å². The normalized spacial score (nSPS) is 15.6. The molecule has 5 rings (SSSR count). The number of nitrogens with zero attached hydrogens (tertiary/aromatic N) is 4. The summed E-state index contributed by atoms with van der Waals surface area (Å²) in [5.41, 5.74) is 2.57. The van der Waals surface area contributed by atoms with Gasteiger partial charge in [-0.1, -0.05) is 48.6 Å². The van der Waals surface area contributed by atoms with Crippen molar-refractivity contribution in [1.29, 1.82) is 0 Å². The lowest BCUT2D eigenvalue weighted by atomic mass is 9.94. The summed E-state index contributed by atoms with van der Waals surface area (Å²) in [5.74, 6) is 1.26. The molecule has 0 saturated carbocycles. The maximum atomic E-state index is 14.1. The molecule has 0 N–H and O–H groups in total. The van der Waals surface area contributed by atoms with Crippen LogP contribution in [-0.2, 0) is 23.5 Å². The van der Waals surface area contributed by atoms with E-state index in [0.717, 1.165) is 44.8 Å². The summed E-state index contributed by atoms with van der Waals surface area (Å²) in [5, 5.41) is 11.8. The molecule has 1 aromatic carbocycles. The predicted molar refractivity (Wildman–Crippen MR) is 126 cm³/mol. The van der Waals surface area contributed by atoms with Crippen LogP contribution in [0.5, 0.6) is 0 Å². The molecule has 0 bridgehead atoms. The van der Waals surface area contributed by atoms with Gasteiger partial charge in [0.1, 0.15) is 10.6 Å². The van der Waals surface area contributed by atoms with Gasteiger partial charge in [-0.2, -0.15) is 0 Å². The fraction of sp³-hybridized carbons (Fsp3) is 0.409. The van der Waals surface area contributed by atoms with E-state index in [9.17, 15) is 4.39 Å². The summed E-state index contributed by atoms with van der Waals surface area (Å²) in [6, 6.07) is 6.87. The van der Waals surface area contributed by atoms with Crippen LogP contribution in [-0.4, -0.2) is 30.9 Å². The number of thioether (sulfide) groups is 2. The number of fused-ring (bicyclic) bond motifs is 5. The van der Waals surface area contributed by atoms with Crippen LogP contribution in [0.25, 0.3) is 15.9 Å². The summed E-state index contributed by atoms with van der Waals surface area (Å²) >= 11 is 4.91. The van der Waals surface area contributed by atoms with Gasteiger partial charge in [-0.3, -0.25) is 0 Å². The number of ether oxygens (including phenoxy) is 1. The van der Waals surface area contributed by atoms with E-state index < -0.39 is 0 Å². The van der Waals surface area contributed by atoms with Gasteiger partial charge in [0.05, 0.1) is 17.6 Å². The lowest BCUT2D eigenvalue weighted by Gasteiger charge is -2.30. The van der Waals surface area contributed by atoms with E-state index in [1.165, 1.54) is 28.3 Å². The summed E-state index contributed by atoms with van der Waals surface area (Å²) in [6.07, 6.45) is 1.88. The molecule has 0 amide bonds. The van der Waals surface area contributed by atoms with Crippen molar-refractivity contribution in [3.05, 3.63) is 46.1 Å². The van der Waals surface area contributed by atoms with Gasteiger partial charge in [-0.25, -0.2) is 13.8 Å². The van der Waals surface area contributed by atoms with E-state index in [4.69, 9.17) is 9.72 Å². The van der Waals surface area contributed by atoms with Gasteiger partial charge in [0, 0.05) is 22.8 Å². The van der Waals surface area contributed by atoms with Crippen LogP contribution in [0.2, 0.25) is 0 Å². The van der Waals surface area contributed by atoms with Crippen molar-refractivity contribution in [2.24, 2.45) is 0 Å². The quantitative estimate of drug-likeness (QED) is 0.248. The van der Waals surface area contributed by atoms with Crippen molar-refractivity contribution in [1.82, 2.24) is 19.6 Å². The lowest BCUT2D eigenvalue weighted by molar-refractivity contribution is -0.0379. The van der Waals surface area contributed by atoms with Gasteiger partial charge in [0.2, 0.25) is 0 Å². The van der Waals surface area contributed by atoms with E-state index in [2.05, 4.69) is 35.4 Å². The largest absolute Gasteiger partial charge is 0.370 e. The molecular formula is C22H23FN4OS3. The zero-order chi connectivity index (χ0) is 21.6. The summed E-state index contributed by atoms with van der Waals surface area (Å²) in [4.78, 5) is 7.24. The molecule has 4 aromatic rings. The Labute approximate surface area is 192 Å². The number of aromatic nitrogens is 4. The van der Waals surface area contributed by atoms with Crippen LogP contribution in [0.4, 0.5) is 4.39 Å². The fourth-order valence-corrected chi connectivity index (χ4v) is 6.71. The van der Waals surface area contributed by atoms with E-state index in [1.807, 2.05) is 12.1 Å². The molecule has 9 heteroatoms. The molecule has 3 aromatic heterocycles. The molecule has 0 aliphatic carbocycles. The average molecular weight is 475 g/mol. The minimum atomic E-state index is -0.212. The molecule has 0 radical (unpaired) electrons. The summed E-state index contributed by atoms with van der Waals surface area (Å²) < 4.78 is 22.2. The smallest absolute Gasteiger partial charge is 0.198 e. The highest BCUT2D eigenvalue weighted by Crippen LogP contribution is 2.41. The molecule has 0 spiro atoms. The molecule has 4 heterocycles. The molecule has 0 fully saturated rings. The van der Waals surface area contributed by atoms with Crippen LogP contribution in [0, 0.1) is 5.82 Å². The molecule has 1 aliphatic heterocycles. The fourth-order valence-electron chi connectivity index (χ4n) is 3.73. The van der Waals surface area contributed by atoms with Crippen LogP contribution in [0.1, 0.15) is 43.2 Å². The van der Waals surface area contributed by atoms with Crippen LogP contribution < -0.4 is 0 Å². The van der Waals surface area contributed by atoms with Crippen molar-refractivity contribution in [2.45, 2.75) is 61.9 Å². The monoisotopic (exact) mass is 474 g/mol. The number of rotatable bonds is 6. The molecular weight excluding hydrogens is 451 g/mol. The van der Waals surface area contributed by atoms with E-state index in [1.54, 1.807) is 29.2 Å². The second-order valence-electron chi connectivity index (χ2n) is 8.17. The standard InChI is InChI=1S/C22H23FN4OS3/c1-4-9-29-20-24-19-17(14-10-22(2,3)28-11-16(14)31-19)18-25-26-21(27(18)20)30-12-13-7-5-6-8-15(13)23/h5-8H,4,9-12H2,1-3H3. The number of hydrogen-bond acceptors (Lipinski definition) is 7. The third kappa shape index (κ3) is 3.97. The highest BCUT2D eigenvalue weighted by molar-refractivity contribution is 7.99. The zero-order valence-corrected chi connectivity index (χ0v) is 20.1. The van der Waals surface area contributed by atoms with Crippen LogP contribution >= 0.6 is 34.9 Å². The van der Waals surface area contributed by atoms with Gasteiger partial charge in [0.25, 0.3) is 0 Å². The maximum absolute atomic E-state index is 14.1. The Morgan fingerprint density at radius 2 is 2.03 bits per heavy atom. The first-order valence-electron chi connectivity index (χ1n) is 10.3. The van der Waals surface area contributed by atoms with Gasteiger partial charge >= 0.3 is 0 Å². The summed E-state index contributed by atoms with van der Waals surface area (Å²) in [6.45, 7) is 7.01. The molecule has 1 aliphatic rings. The maximum Gasteiger partial charge on any atom is 0.198 e. The van der Waals surface area contributed by atoms with Crippen molar-refractivity contribution in [2.75, 3.05) is 5.75 Å². The topological polar surface area (TPSA) is 52.3 Å². The van der Waals surface area contributed by atoms with Gasteiger partial charge in [-0.05, 0) is 37.5 Å². The number of benzene rings is 1. The lowest BCUT2D eigenvalue weighted by Crippen LogP contribution is -2.31. The van der Waals surface area contributed by atoms with Crippen LogP contribution in [0.15, 0.2) is 34.6 Å². The molecule has 162 valence electrons.